The van der Waals surface area contributed by atoms with Gasteiger partial charge >= 0.3 is 0 Å². The molecule has 0 aromatic rings. The number of methoxy groups -OCH3 is 3. The van der Waals surface area contributed by atoms with E-state index in [0.717, 1.165) is 91.5 Å². The number of ether oxygens (including phenoxy) is 3. The lowest BCUT2D eigenvalue weighted by Gasteiger charge is -1.89. The highest BCUT2D eigenvalue weighted by molar-refractivity contribution is 7.99. The van der Waals surface area contributed by atoms with Crippen LogP contribution < -0.4 is 0 Å². The smallest absolute Gasteiger partial charge is 0.0552 e. The number of unbranched alkanes of at least 4 members (excludes halogenated alkanes) is 1. The molecule has 0 unspecified atom stereocenters. The number of hydrogen-bond donors (Lipinski definition) is 6. The molecule has 0 aliphatic heterocycles. The van der Waals surface area contributed by atoms with Gasteiger partial charge < -0.3 is 29.5 Å². The predicted molar refractivity (Wildman–Crippen MR) is 181 cm³/mol. The summed E-state index contributed by atoms with van der Waals surface area (Å²) in [6.07, 6.45) is 6.10. The van der Waals surface area contributed by atoms with Gasteiger partial charge in [-0.3, -0.25) is 0 Å². The van der Waals surface area contributed by atoms with Crippen molar-refractivity contribution in [1.82, 2.24) is 0 Å². The Labute approximate surface area is 254 Å². The summed E-state index contributed by atoms with van der Waals surface area (Å²) in [6, 6.07) is 0. The van der Waals surface area contributed by atoms with E-state index in [0.29, 0.717) is 19.8 Å². The Morgan fingerprint density at radius 3 is 1.06 bits per heavy atom. The van der Waals surface area contributed by atoms with E-state index < -0.39 is 0 Å². The van der Waals surface area contributed by atoms with E-state index in [9.17, 15) is 0 Å². The van der Waals surface area contributed by atoms with Crippen molar-refractivity contribution in [2.75, 3.05) is 113 Å². The SMILES string of the molecule is CCSCCO.CCSCCO.COCCCS.COCCCS.COCCSC.OCCCCS. The second-order valence-corrected chi connectivity index (χ2v) is 11.2. The van der Waals surface area contributed by atoms with Gasteiger partial charge in [-0.15, -0.1) is 0 Å². The molecule has 36 heavy (non-hydrogen) atoms. The quantitative estimate of drug-likeness (QED) is 0.0914. The van der Waals surface area contributed by atoms with Gasteiger partial charge in [-0.25, -0.2) is 0 Å². The Bertz CT molecular complexity index is 179. The summed E-state index contributed by atoms with van der Waals surface area (Å²) in [5.74, 6) is 7.84. The molecule has 0 atom stereocenters. The molecule has 0 aromatic heterocycles. The number of thiol groups is 3. The normalized spacial score (nSPS) is 9.00. The van der Waals surface area contributed by atoms with Crippen molar-refractivity contribution in [3.05, 3.63) is 0 Å². The average molecular weight is 637 g/mol. The van der Waals surface area contributed by atoms with E-state index >= 15 is 0 Å². The maximum Gasteiger partial charge on any atom is 0.0552 e. The monoisotopic (exact) mass is 636 g/mol. The van der Waals surface area contributed by atoms with Crippen LogP contribution in [0.4, 0.5) is 0 Å². The first-order valence-electron chi connectivity index (χ1n) is 12.3. The first-order chi connectivity index (χ1) is 17.5. The van der Waals surface area contributed by atoms with Crippen molar-refractivity contribution in [3.8, 4) is 0 Å². The third kappa shape index (κ3) is 110. The Kier molecular flexibility index (Phi) is 99.8. The van der Waals surface area contributed by atoms with Crippen LogP contribution in [0.25, 0.3) is 0 Å². The van der Waals surface area contributed by atoms with Crippen LogP contribution in [0, 0.1) is 0 Å². The van der Waals surface area contributed by atoms with E-state index in [1.54, 1.807) is 56.6 Å². The minimum absolute atomic E-state index is 0.306. The van der Waals surface area contributed by atoms with Crippen LogP contribution in [0.1, 0.15) is 39.5 Å². The highest BCUT2D eigenvalue weighted by atomic mass is 32.2. The number of aliphatic hydroxyl groups is 3. The van der Waals surface area contributed by atoms with Gasteiger partial charge in [0.25, 0.3) is 0 Å². The van der Waals surface area contributed by atoms with Gasteiger partial charge in [-0.2, -0.15) is 73.2 Å². The van der Waals surface area contributed by atoms with Gasteiger partial charge in [0.2, 0.25) is 0 Å². The molecule has 0 aliphatic carbocycles. The van der Waals surface area contributed by atoms with E-state index in [1.807, 2.05) is 0 Å². The zero-order chi connectivity index (χ0) is 29.0. The lowest BCUT2D eigenvalue weighted by Crippen LogP contribution is -1.88. The van der Waals surface area contributed by atoms with E-state index in [-0.39, 0.29) is 0 Å². The fourth-order valence-electron chi connectivity index (χ4n) is 1.23. The van der Waals surface area contributed by atoms with Gasteiger partial charge in [0.15, 0.2) is 0 Å². The molecule has 0 amide bonds. The lowest BCUT2D eigenvalue weighted by atomic mass is 10.4. The third-order valence-corrected chi connectivity index (χ3v) is 6.23. The Hall–Kier alpha value is 1.86. The Morgan fingerprint density at radius 2 is 0.944 bits per heavy atom. The molecule has 0 aliphatic rings. The summed E-state index contributed by atoms with van der Waals surface area (Å²) in [5, 5.41) is 24.5. The van der Waals surface area contributed by atoms with Crippen molar-refractivity contribution in [2.45, 2.75) is 39.5 Å². The van der Waals surface area contributed by atoms with Gasteiger partial charge in [0.05, 0.1) is 19.8 Å². The van der Waals surface area contributed by atoms with Crippen molar-refractivity contribution in [3.63, 3.8) is 0 Å². The van der Waals surface area contributed by atoms with Gasteiger partial charge in [-0.05, 0) is 60.7 Å². The maximum absolute atomic E-state index is 8.18. The van der Waals surface area contributed by atoms with Crippen molar-refractivity contribution < 1.29 is 29.5 Å². The summed E-state index contributed by atoms with van der Waals surface area (Å²) in [6.45, 7) is 7.66. The van der Waals surface area contributed by atoms with Gasteiger partial charge in [0.1, 0.15) is 0 Å². The number of rotatable bonds is 18. The maximum atomic E-state index is 8.18. The summed E-state index contributed by atoms with van der Waals surface area (Å²) < 4.78 is 14.2. The van der Waals surface area contributed by atoms with E-state index in [4.69, 9.17) is 29.5 Å². The second kappa shape index (κ2) is 70.9. The molecule has 0 aromatic carbocycles. The van der Waals surface area contributed by atoms with E-state index in [2.05, 4.69) is 58.0 Å². The molecule has 0 fully saturated rings. The van der Waals surface area contributed by atoms with Crippen molar-refractivity contribution >= 4 is 73.2 Å². The number of hydrogen-bond acceptors (Lipinski definition) is 12. The topological polar surface area (TPSA) is 88.4 Å². The standard InChI is InChI=1S/6C4H10OS/c1-5-3-4-6-2;2*1-5-3-2-4-6;2*1-2-6-4-3-5;5-3-1-2-4-6/h3-4H2,1-2H3;2*6H,2-4H2,1H3;2*5H,2-4H2,1H3;5-6H,1-4H2. The highest BCUT2D eigenvalue weighted by Gasteiger charge is 1.78. The van der Waals surface area contributed by atoms with Crippen molar-refractivity contribution in [1.29, 1.82) is 0 Å². The largest absolute Gasteiger partial charge is 0.396 e. The minimum Gasteiger partial charge on any atom is -0.396 e. The van der Waals surface area contributed by atoms with Crippen LogP contribution in [0.15, 0.2) is 0 Å². The Morgan fingerprint density at radius 1 is 0.556 bits per heavy atom. The predicted octanol–water partition coefficient (Wildman–Crippen LogP) is 5.05. The minimum atomic E-state index is 0.306. The second-order valence-electron chi connectivity index (χ2n) is 6.12. The number of aliphatic hydroxyl groups excluding tert-OH is 3. The summed E-state index contributed by atoms with van der Waals surface area (Å²) in [4.78, 5) is 0. The molecule has 0 saturated carbocycles. The van der Waals surface area contributed by atoms with Crippen LogP contribution in [0.5, 0.6) is 0 Å². The van der Waals surface area contributed by atoms with Gasteiger partial charge in [0, 0.05) is 58.4 Å². The molecule has 0 heterocycles. The molecule has 228 valence electrons. The fraction of sp³-hybridized carbons (Fsp3) is 1.00. The van der Waals surface area contributed by atoms with E-state index in [1.165, 1.54) is 0 Å². The van der Waals surface area contributed by atoms with Crippen LogP contribution in [0.3, 0.4) is 0 Å². The Balaban J connectivity index is -0.0000000750. The molecular formula is C24H60O6S6. The molecule has 0 bridgehead atoms. The molecule has 6 nitrogen and oxygen atoms in total. The van der Waals surface area contributed by atoms with Crippen LogP contribution >= 0.6 is 73.2 Å². The molecule has 12 heteroatoms. The number of thioether (sulfide) groups is 3. The zero-order valence-electron chi connectivity index (χ0n) is 23.9. The summed E-state index contributed by atoms with van der Waals surface area (Å²) >= 11 is 17.2. The highest BCUT2D eigenvalue weighted by Crippen LogP contribution is 1.94. The molecular weight excluding hydrogens is 577 g/mol. The summed E-state index contributed by atoms with van der Waals surface area (Å²) in [7, 11) is 5.11. The first kappa shape index (κ1) is 50.7. The van der Waals surface area contributed by atoms with Crippen LogP contribution in [-0.4, -0.2) is 129 Å². The van der Waals surface area contributed by atoms with Crippen LogP contribution in [-0.2, 0) is 14.2 Å². The molecule has 3 N–H and O–H groups in total. The fourth-order valence-corrected chi connectivity index (χ4v) is 2.88. The molecule has 0 rings (SSSR count). The summed E-state index contributed by atoms with van der Waals surface area (Å²) in [5.41, 5.74) is 0. The zero-order valence-corrected chi connectivity index (χ0v) is 29.0. The van der Waals surface area contributed by atoms with Crippen molar-refractivity contribution in [2.24, 2.45) is 0 Å². The lowest BCUT2D eigenvalue weighted by molar-refractivity contribution is 0.200. The molecule has 0 saturated heterocycles. The first-order valence-corrected chi connectivity index (χ1v) is 17.9. The van der Waals surface area contributed by atoms with Crippen LogP contribution in [0.2, 0.25) is 0 Å². The average Bonchev–Trinajstić information content (AvgIpc) is 2.92. The molecule has 0 spiro atoms. The van der Waals surface area contributed by atoms with Gasteiger partial charge in [-0.1, -0.05) is 13.8 Å². The molecule has 0 radical (unpaired) electrons. The third-order valence-electron chi connectivity index (χ3n) is 2.95.